The summed E-state index contributed by atoms with van der Waals surface area (Å²) in [5.41, 5.74) is 27.5. The lowest BCUT2D eigenvalue weighted by Gasteiger charge is -2.29. The molecule has 0 unspecified atom stereocenters. The molecule has 2 aliphatic heterocycles. The van der Waals surface area contributed by atoms with Crippen LogP contribution in [0.25, 0.3) is 0 Å². The lowest BCUT2D eigenvalue weighted by molar-refractivity contribution is -0.143. The molecular weight excluding hydrogens is 847 g/mol. The van der Waals surface area contributed by atoms with Crippen LogP contribution in [0.2, 0.25) is 0 Å². The highest BCUT2D eigenvalue weighted by atomic mass is 32.1. The second kappa shape index (κ2) is 27.2. The van der Waals surface area contributed by atoms with E-state index in [9.17, 15) is 43.2 Å². The lowest BCUT2D eigenvalue weighted by Crippen LogP contribution is -2.58. The van der Waals surface area contributed by atoms with Crippen LogP contribution in [0.5, 0.6) is 0 Å². The van der Waals surface area contributed by atoms with Crippen LogP contribution in [-0.4, -0.2) is 168 Å². The van der Waals surface area contributed by atoms with Gasteiger partial charge in [0.1, 0.15) is 36.8 Å². The molecule has 0 radical (unpaired) electrons. The molecule has 25 nitrogen and oxygen atoms in total. The van der Waals surface area contributed by atoms with Crippen LogP contribution in [0.1, 0.15) is 71.6 Å². The van der Waals surface area contributed by atoms with E-state index in [0.717, 1.165) is 0 Å². The molecule has 63 heavy (non-hydrogen) atoms. The minimum absolute atomic E-state index is 0.0471. The van der Waals surface area contributed by atoms with Crippen molar-refractivity contribution in [2.24, 2.45) is 44.6 Å². The van der Waals surface area contributed by atoms with Crippen molar-refractivity contribution in [1.29, 1.82) is 0 Å². The largest absolute Gasteiger partial charge is 0.480 e. The third-order valence-corrected chi connectivity index (χ3v) is 10.3. The van der Waals surface area contributed by atoms with Crippen molar-refractivity contribution < 1.29 is 48.3 Å². The number of thiol groups is 1. The summed E-state index contributed by atoms with van der Waals surface area (Å²) in [7, 11) is 0. The number of carboxylic acid groups (broad SMARTS) is 1. The number of rotatable bonds is 26. The number of carbonyl (C=O) groups is 9. The Bertz CT molecular complexity index is 1690. The Hall–Kier alpha value is -5.92. The average molecular weight is 912 g/mol. The van der Waals surface area contributed by atoms with Crippen molar-refractivity contribution in [1.82, 2.24) is 41.7 Å². The Labute approximate surface area is 371 Å². The van der Waals surface area contributed by atoms with Crippen LogP contribution in [0.4, 0.5) is 0 Å². The van der Waals surface area contributed by atoms with Crippen molar-refractivity contribution in [3.05, 3.63) is 0 Å². The number of hydrogen-bond donors (Lipinski definition) is 13. The van der Waals surface area contributed by atoms with Crippen LogP contribution in [-0.2, 0) is 43.2 Å². The van der Waals surface area contributed by atoms with Crippen molar-refractivity contribution in [3.63, 3.8) is 0 Å². The molecule has 2 heterocycles. The normalized spacial score (nSPS) is 17.6. The molecule has 0 aromatic carbocycles. The number of aliphatic carboxylic acids is 1. The van der Waals surface area contributed by atoms with Gasteiger partial charge in [-0.15, -0.1) is 0 Å². The van der Waals surface area contributed by atoms with Crippen LogP contribution < -0.4 is 60.6 Å². The molecule has 2 aliphatic rings. The third kappa shape index (κ3) is 18.9. The van der Waals surface area contributed by atoms with E-state index in [-0.39, 0.29) is 81.9 Å². The molecule has 0 spiro atoms. The molecule has 2 rings (SSSR count). The fraction of sp³-hybridized carbons (Fsp3) is 0.703. The van der Waals surface area contributed by atoms with E-state index in [2.05, 4.69) is 54.5 Å². The summed E-state index contributed by atoms with van der Waals surface area (Å²) in [5, 5.41) is 23.9. The summed E-state index contributed by atoms with van der Waals surface area (Å²) in [6.07, 6.45) is 2.71. The smallest absolute Gasteiger partial charge is 0.322 e. The quantitative estimate of drug-likeness (QED) is 0.0166. The predicted octanol–water partition coefficient (Wildman–Crippen LogP) is -5.73. The molecule has 17 N–H and O–H groups in total. The van der Waals surface area contributed by atoms with Crippen LogP contribution in [0.15, 0.2) is 9.98 Å². The van der Waals surface area contributed by atoms with Crippen LogP contribution in [0, 0.1) is 5.92 Å². The Morgan fingerprint density at radius 2 is 1.16 bits per heavy atom. The summed E-state index contributed by atoms with van der Waals surface area (Å²) in [4.78, 5) is 126. The van der Waals surface area contributed by atoms with Gasteiger partial charge >= 0.3 is 5.97 Å². The first-order valence-corrected chi connectivity index (χ1v) is 21.4. The topological polar surface area (TPSA) is 407 Å². The number of likely N-dealkylation sites (tertiary alicyclic amines) is 2. The summed E-state index contributed by atoms with van der Waals surface area (Å²) < 4.78 is 0. The maximum absolute atomic E-state index is 13.7. The van der Waals surface area contributed by atoms with Gasteiger partial charge in [0.2, 0.25) is 47.3 Å². The minimum atomic E-state index is -1.23. The van der Waals surface area contributed by atoms with Gasteiger partial charge in [-0.25, -0.2) is 0 Å². The number of nitrogens with one attached hydrogen (secondary N) is 6. The third-order valence-electron chi connectivity index (χ3n) is 9.98. The average Bonchev–Trinajstić information content (AvgIpc) is 3.93. The van der Waals surface area contributed by atoms with Gasteiger partial charge in [0.05, 0.1) is 19.1 Å². The lowest BCUT2D eigenvalue weighted by atomic mass is 10.0. The molecule has 0 aliphatic carbocycles. The zero-order chi connectivity index (χ0) is 47.2. The van der Waals surface area contributed by atoms with Crippen molar-refractivity contribution in [2.75, 3.05) is 51.6 Å². The number of nitrogens with two attached hydrogens (primary N) is 5. The van der Waals surface area contributed by atoms with Gasteiger partial charge in [-0.3, -0.25) is 53.1 Å². The highest BCUT2D eigenvalue weighted by Gasteiger charge is 2.39. The maximum atomic E-state index is 13.7. The van der Waals surface area contributed by atoms with E-state index in [1.807, 2.05) is 13.8 Å². The summed E-state index contributed by atoms with van der Waals surface area (Å²) in [6, 6.07) is -6.28. The number of amides is 8. The highest BCUT2D eigenvalue weighted by molar-refractivity contribution is 7.80. The number of nitrogens with zero attached hydrogens (tertiary/aromatic N) is 4. The standard InChI is InChI=1S/C37H65N15O10S/c1-20(2)15-23(34(61)51-13-5-10-26(51)33(60)47-18-29(55)56)48-28(54)17-45-27(53)16-46-32(59)25-9-6-14-52(25)35(62)24(19-63)50-31(58)22(8-4-12-44-37(41)42)49-30(57)21(38)7-3-11-43-36(39)40/h20-26,63H,3-19,38H2,1-2H3,(H,45,53)(H,46,59)(H,47,60)(H,48,54)(H,49,57)(H,50,58)(H,55,56)(H4,39,40,43)(H4,41,42,44)/t21-,22-,23-,24-,25-,26-/m0/s1. The summed E-state index contributed by atoms with van der Waals surface area (Å²) in [6.45, 7) is 2.78. The summed E-state index contributed by atoms with van der Waals surface area (Å²) in [5.74, 6) is -6.89. The fourth-order valence-electron chi connectivity index (χ4n) is 6.91. The first-order valence-electron chi connectivity index (χ1n) is 20.8. The zero-order valence-corrected chi connectivity index (χ0v) is 36.7. The molecule has 0 aromatic heterocycles. The maximum Gasteiger partial charge on any atom is 0.322 e. The van der Waals surface area contributed by atoms with E-state index in [0.29, 0.717) is 25.7 Å². The molecular formula is C37H65N15O10S. The van der Waals surface area contributed by atoms with Crippen LogP contribution >= 0.6 is 12.6 Å². The zero-order valence-electron chi connectivity index (χ0n) is 35.8. The molecule has 2 saturated heterocycles. The predicted molar refractivity (Wildman–Crippen MR) is 233 cm³/mol. The van der Waals surface area contributed by atoms with E-state index in [4.69, 9.17) is 33.8 Å². The first kappa shape index (κ1) is 53.2. The van der Waals surface area contributed by atoms with Gasteiger partial charge in [0.25, 0.3) is 0 Å². The molecule has 6 atom stereocenters. The molecule has 2 fully saturated rings. The van der Waals surface area contributed by atoms with Gasteiger partial charge in [-0.05, 0) is 63.7 Å². The van der Waals surface area contributed by atoms with E-state index >= 15 is 0 Å². The van der Waals surface area contributed by atoms with Gasteiger partial charge in [0, 0.05) is 31.9 Å². The van der Waals surface area contributed by atoms with E-state index in [1.165, 1.54) is 9.80 Å². The fourth-order valence-corrected chi connectivity index (χ4v) is 7.16. The van der Waals surface area contributed by atoms with Crippen molar-refractivity contribution >= 4 is 77.8 Å². The molecule has 0 saturated carbocycles. The Balaban J connectivity index is 1.98. The Kier molecular flexibility index (Phi) is 23.0. The Morgan fingerprint density at radius 1 is 0.667 bits per heavy atom. The molecule has 0 aromatic rings. The number of aliphatic imine (C=N–C) groups is 2. The monoisotopic (exact) mass is 911 g/mol. The molecule has 0 bridgehead atoms. The summed E-state index contributed by atoms with van der Waals surface area (Å²) >= 11 is 4.26. The first-order chi connectivity index (χ1) is 29.7. The van der Waals surface area contributed by atoms with Gasteiger partial charge < -0.3 is 75.5 Å². The van der Waals surface area contributed by atoms with Crippen molar-refractivity contribution in [2.45, 2.75) is 108 Å². The van der Waals surface area contributed by atoms with Gasteiger partial charge in [-0.1, -0.05) is 13.8 Å². The Morgan fingerprint density at radius 3 is 1.67 bits per heavy atom. The van der Waals surface area contributed by atoms with Crippen LogP contribution in [0.3, 0.4) is 0 Å². The van der Waals surface area contributed by atoms with Gasteiger partial charge in [0.15, 0.2) is 11.9 Å². The molecule has 26 heteroatoms. The number of hydrogen-bond acceptors (Lipinski definition) is 13. The van der Waals surface area contributed by atoms with Crippen molar-refractivity contribution in [3.8, 4) is 0 Å². The SMILES string of the molecule is CC(C)C[C@H](NC(=O)CNC(=O)CNC(=O)[C@@H]1CCCN1C(=O)[C@H](CS)NC(=O)[C@H](CCCN=C(N)N)NC(=O)[C@@H](N)CCCN=C(N)N)C(=O)N1CCC[C@H]1C(=O)NCC(=O)O. The molecule has 8 amide bonds. The number of carbonyl (C=O) groups excluding carboxylic acids is 8. The van der Waals surface area contributed by atoms with E-state index < -0.39 is 109 Å². The second-order valence-electron chi connectivity index (χ2n) is 15.5. The van der Waals surface area contributed by atoms with E-state index in [1.54, 1.807) is 0 Å². The highest BCUT2D eigenvalue weighted by Crippen LogP contribution is 2.21. The number of guanidine groups is 2. The van der Waals surface area contributed by atoms with Gasteiger partial charge in [-0.2, -0.15) is 12.6 Å². The minimum Gasteiger partial charge on any atom is -0.480 e. The molecule has 354 valence electrons. The second-order valence-corrected chi connectivity index (χ2v) is 15.9. The number of carboxylic acids is 1.